The summed E-state index contributed by atoms with van der Waals surface area (Å²) in [4.78, 5) is 40.2. The third kappa shape index (κ3) is 2.82. The lowest BCUT2D eigenvalue weighted by Crippen LogP contribution is -2.59. The number of carbonyl (C=O) groups excluding carboxylic acids is 3. The fraction of sp³-hybridized carbons (Fsp3) is 0.812. The summed E-state index contributed by atoms with van der Waals surface area (Å²) in [5.41, 5.74) is 4.49. The van der Waals surface area contributed by atoms with Gasteiger partial charge in [0.1, 0.15) is 5.41 Å². The van der Waals surface area contributed by atoms with Gasteiger partial charge in [0.15, 0.2) is 0 Å². The highest BCUT2D eigenvalue weighted by molar-refractivity contribution is 6.07. The molecule has 0 aromatic rings. The molecule has 3 rings (SSSR count). The van der Waals surface area contributed by atoms with Crippen LogP contribution >= 0.6 is 0 Å². The summed E-state index contributed by atoms with van der Waals surface area (Å²) in [5, 5.41) is 3.09. The molecule has 0 bridgehead atoms. The van der Waals surface area contributed by atoms with Crippen molar-refractivity contribution in [1.82, 2.24) is 15.1 Å². The van der Waals surface area contributed by atoms with Crippen molar-refractivity contribution in [2.45, 2.75) is 38.1 Å². The Morgan fingerprint density at radius 1 is 1.35 bits per heavy atom. The largest absolute Gasteiger partial charge is 0.369 e. The molecular formula is C16H26N4O3. The van der Waals surface area contributed by atoms with Crippen LogP contribution in [0.3, 0.4) is 0 Å². The number of fused-ring (bicyclic) bond motifs is 1. The standard InChI is InChI=1S/C16H26N4O3/c1-18-7-9-20-12-4-8-19(10-11(12)2-3-13(20)21)15(23)16(5-6-16)14(17)22/h11-12,18H,2-10H2,1H3,(H2,17,22)/t11-,12+/m0/s1. The summed E-state index contributed by atoms with van der Waals surface area (Å²) in [7, 11) is 1.88. The maximum atomic E-state index is 12.7. The lowest BCUT2D eigenvalue weighted by Gasteiger charge is -2.47. The van der Waals surface area contributed by atoms with Crippen molar-refractivity contribution in [3.8, 4) is 0 Å². The topological polar surface area (TPSA) is 95.7 Å². The molecule has 0 radical (unpaired) electrons. The van der Waals surface area contributed by atoms with Gasteiger partial charge in [-0.05, 0) is 38.6 Å². The first kappa shape index (κ1) is 16.2. The normalized spacial score (nSPS) is 29.2. The zero-order valence-corrected chi connectivity index (χ0v) is 13.7. The maximum Gasteiger partial charge on any atom is 0.238 e. The molecule has 3 N–H and O–H groups in total. The quantitative estimate of drug-likeness (QED) is 0.655. The van der Waals surface area contributed by atoms with Gasteiger partial charge in [0.2, 0.25) is 17.7 Å². The number of rotatable bonds is 5. The van der Waals surface area contributed by atoms with Crippen LogP contribution in [-0.2, 0) is 14.4 Å². The van der Waals surface area contributed by atoms with E-state index in [0.717, 1.165) is 25.9 Å². The zero-order valence-electron chi connectivity index (χ0n) is 13.7. The first-order valence-corrected chi connectivity index (χ1v) is 8.53. The van der Waals surface area contributed by atoms with Crippen molar-refractivity contribution in [1.29, 1.82) is 0 Å². The van der Waals surface area contributed by atoms with Gasteiger partial charge in [-0.3, -0.25) is 14.4 Å². The number of nitrogens with zero attached hydrogens (tertiary/aromatic N) is 2. The Morgan fingerprint density at radius 3 is 2.70 bits per heavy atom. The van der Waals surface area contributed by atoms with Gasteiger partial charge in [0.25, 0.3) is 0 Å². The van der Waals surface area contributed by atoms with Crippen molar-refractivity contribution >= 4 is 17.7 Å². The molecular weight excluding hydrogens is 296 g/mol. The van der Waals surface area contributed by atoms with Gasteiger partial charge in [0, 0.05) is 38.6 Å². The van der Waals surface area contributed by atoms with Crippen LogP contribution in [0, 0.1) is 11.3 Å². The second kappa shape index (κ2) is 6.11. The number of nitrogens with one attached hydrogen (secondary N) is 1. The van der Waals surface area contributed by atoms with Crippen LogP contribution in [0.5, 0.6) is 0 Å². The van der Waals surface area contributed by atoms with Crippen LogP contribution in [0.2, 0.25) is 0 Å². The monoisotopic (exact) mass is 322 g/mol. The smallest absolute Gasteiger partial charge is 0.238 e. The molecule has 0 aromatic carbocycles. The van der Waals surface area contributed by atoms with Crippen LogP contribution in [-0.4, -0.2) is 66.8 Å². The summed E-state index contributed by atoms with van der Waals surface area (Å²) in [5.74, 6) is -0.0516. The van der Waals surface area contributed by atoms with Crippen molar-refractivity contribution in [3.63, 3.8) is 0 Å². The number of likely N-dealkylation sites (N-methyl/N-ethyl adjacent to an activating group) is 1. The Kier molecular flexibility index (Phi) is 4.31. The molecule has 3 aliphatic rings. The molecule has 2 atom stereocenters. The Morgan fingerprint density at radius 2 is 2.09 bits per heavy atom. The summed E-state index contributed by atoms with van der Waals surface area (Å²) in [6, 6.07) is 0.220. The van der Waals surface area contributed by atoms with Crippen molar-refractivity contribution < 1.29 is 14.4 Å². The van der Waals surface area contributed by atoms with Gasteiger partial charge in [0.05, 0.1) is 0 Å². The predicted octanol–water partition coefficient (Wildman–Crippen LogP) is -0.689. The first-order valence-electron chi connectivity index (χ1n) is 8.53. The predicted molar refractivity (Wildman–Crippen MR) is 84.2 cm³/mol. The van der Waals surface area contributed by atoms with E-state index >= 15 is 0 Å². The van der Waals surface area contributed by atoms with E-state index in [-0.39, 0.29) is 17.9 Å². The average Bonchev–Trinajstić information content (AvgIpc) is 3.35. The van der Waals surface area contributed by atoms with E-state index in [4.69, 9.17) is 5.73 Å². The number of piperidine rings is 2. The molecule has 2 aliphatic heterocycles. The molecule has 0 aromatic heterocycles. The first-order chi connectivity index (χ1) is 11.0. The van der Waals surface area contributed by atoms with E-state index in [1.165, 1.54) is 0 Å². The molecule has 23 heavy (non-hydrogen) atoms. The molecule has 2 saturated heterocycles. The Balaban J connectivity index is 1.66. The van der Waals surface area contributed by atoms with Crippen LogP contribution < -0.4 is 11.1 Å². The summed E-state index contributed by atoms with van der Waals surface area (Å²) in [6.45, 7) is 2.75. The maximum absolute atomic E-state index is 12.7. The minimum absolute atomic E-state index is 0.0953. The van der Waals surface area contributed by atoms with Gasteiger partial charge in [-0.1, -0.05) is 0 Å². The average molecular weight is 322 g/mol. The van der Waals surface area contributed by atoms with E-state index in [1.54, 1.807) is 0 Å². The highest BCUT2D eigenvalue weighted by Crippen LogP contribution is 2.47. The van der Waals surface area contributed by atoms with Crippen LogP contribution in [0.25, 0.3) is 0 Å². The number of nitrogens with two attached hydrogens (primary N) is 1. The van der Waals surface area contributed by atoms with Crippen LogP contribution in [0.15, 0.2) is 0 Å². The van der Waals surface area contributed by atoms with Crippen molar-refractivity contribution in [2.75, 3.05) is 33.2 Å². The molecule has 3 fully saturated rings. The van der Waals surface area contributed by atoms with Crippen molar-refractivity contribution in [3.05, 3.63) is 0 Å². The molecule has 0 unspecified atom stereocenters. The Labute approximate surface area is 136 Å². The number of amides is 3. The van der Waals surface area contributed by atoms with E-state index in [9.17, 15) is 14.4 Å². The highest BCUT2D eigenvalue weighted by atomic mass is 16.2. The van der Waals surface area contributed by atoms with Gasteiger partial charge >= 0.3 is 0 Å². The fourth-order valence-corrected chi connectivity index (χ4v) is 4.05. The SMILES string of the molecule is CNCCN1C(=O)CC[C@H]2CN(C(=O)C3(C(N)=O)CC3)CC[C@H]21. The molecule has 2 heterocycles. The molecule has 1 saturated carbocycles. The van der Waals surface area contributed by atoms with Gasteiger partial charge in [-0.25, -0.2) is 0 Å². The molecule has 7 heteroatoms. The molecule has 128 valence electrons. The number of carbonyl (C=O) groups is 3. The highest BCUT2D eigenvalue weighted by Gasteiger charge is 2.57. The molecule has 7 nitrogen and oxygen atoms in total. The number of primary amides is 1. The third-order valence-electron chi connectivity index (χ3n) is 5.66. The third-order valence-corrected chi connectivity index (χ3v) is 5.66. The van der Waals surface area contributed by atoms with Gasteiger partial charge in [-0.15, -0.1) is 0 Å². The summed E-state index contributed by atoms with van der Waals surface area (Å²) < 4.78 is 0. The molecule has 3 amide bonds. The number of likely N-dealkylation sites (tertiary alicyclic amines) is 2. The Bertz CT molecular complexity index is 517. The van der Waals surface area contributed by atoms with E-state index < -0.39 is 11.3 Å². The number of hydrogen-bond acceptors (Lipinski definition) is 4. The lowest BCUT2D eigenvalue weighted by molar-refractivity contribution is -0.148. The lowest BCUT2D eigenvalue weighted by atomic mass is 9.83. The summed E-state index contributed by atoms with van der Waals surface area (Å²) in [6.07, 6.45) is 3.33. The van der Waals surface area contributed by atoms with Crippen LogP contribution in [0.1, 0.15) is 32.1 Å². The summed E-state index contributed by atoms with van der Waals surface area (Å²) >= 11 is 0. The fourth-order valence-electron chi connectivity index (χ4n) is 4.05. The number of hydrogen-bond donors (Lipinski definition) is 2. The van der Waals surface area contributed by atoms with E-state index in [2.05, 4.69) is 5.32 Å². The minimum Gasteiger partial charge on any atom is -0.369 e. The molecule has 0 spiro atoms. The Hall–Kier alpha value is -1.63. The van der Waals surface area contributed by atoms with Gasteiger partial charge in [-0.2, -0.15) is 0 Å². The van der Waals surface area contributed by atoms with Crippen molar-refractivity contribution in [2.24, 2.45) is 17.1 Å². The second-order valence-electron chi connectivity index (χ2n) is 7.04. The molecule has 1 aliphatic carbocycles. The van der Waals surface area contributed by atoms with E-state index in [1.807, 2.05) is 16.8 Å². The van der Waals surface area contributed by atoms with Gasteiger partial charge < -0.3 is 20.9 Å². The second-order valence-corrected chi connectivity index (χ2v) is 7.04. The van der Waals surface area contributed by atoms with Crippen LogP contribution in [0.4, 0.5) is 0 Å². The van der Waals surface area contributed by atoms with E-state index in [0.29, 0.717) is 38.3 Å². The minimum atomic E-state index is -0.927. The zero-order chi connectivity index (χ0) is 16.6.